The number of nitrogens with zero attached hydrogens (tertiary/aromatic N) is 1. The van der Waals surface area contributed by atoms with Gasteiger partial charge in [-0.2, -0.15) is 0 Å². The number of benzene rings is 1. The standard InChI is InChI=1S/C15H15N3/c1-11-8-12-5-6-13(9-15(12)18-11)17-10-14-4-2-3-7-16-14/h2-7,9,17-18H,1,8,10H2. The van der Waals surface area contributed by atoms with E-state index in [4.69, 9.17) is 0 Å². The Morgan fingerprint density at radius 2 is 2.22 bits per heavy atom. The van der Waals surface area contributed by atoms with Crippen molar-refractivity contribution in [1.82, 2.24) is 4.98 Å². The molecule has 3 heteroatoms. The molecule has 3 nitrogen and oxygen atoms in total. The van der Waals surface area contributed by atoms with Gasteiger partial charge in [0, 0.05) is 29.7 Å². The number of nitrogens with one attached hydrogen (secondary N) is 2. The van der Waals surface area contributed by atoms with Crippen LogP contribution in [0.4, 0.5) is 11.4 Å². The van der Waals surface area contributed by atoms with Crippen LogP contribution in [-0.4, -0.2) is 4.98 Å². The Hall–Kier alpha value is -2.29. The molecule has 0 spiro atoms. The Kier molecular flexibility index (Phi) is 2.73. The van der Waals surface area contributed by atoms with Gasteiger partial charge in [0.2, 0.25) is 0 Å². The summed E-state index contributed by atoms with van der Waals surface area (Å²) in [5, 5.41) is 6.66. The lowest BCUT2D eigenvalue weighted by atomic mass is 10.1. The molecule has 3 rings (SSSR count). The first kappa shape index (κ1) is 10.8. The molecule has 18 heavy (non-hydrogen) atoms. The van der Waals surface area contributed by atoms with Crippen LogP contribution in [0.15, 0.2) is 54.9 Å². The highest BCUT2D eigenvalue weighted by molar-refractivity contribution is 5.67. The molecule has 90 valence electrons. The molecule has 0 saturated carbocycles. The summed E-state index contributed by atoms with van der Waals surface area (Å²) in [6.45, 7) is 4.69. The molecule has 0 bridgehead atoms. The molecular formula is C15H15N3. The molecule has 0 aliphatic carbocycles. The van der Waals surface area contributed by atoms with E-state index in [1.807, 2.05) is 24.4 Å². The number of aromatic nitrogens is 1. The monoisotopic (exact) mass is 237 g/mol. The number of anilines is 2. The Balaban J connectivity index is 1.71. The Morgan fingerprint density at radius 3 is 3.06 bits per heavy atom. The lowest BCUT2D eigenvalue weighted by molar-refractivity contribution is 1.05. The van der Waals surface area contributed by atoms with Crippen molar-refractivity contribution >= 4 is 11.4 Å². The van der Waals surface area contributed by atoms with Crippen molar-refractivity contribution in [2.24, 2.45) is 0 Å². The van der Waals surface area contributed by atoms with Gasteiger partial charge in [-0.25, -0.2) is 0 Å². The first-order valence-corrected chi connectivity index (χ1v) is 6.03. The average Bonchev–Trinajstić information content (AvgIpc) is 2.77. The quantitative estimate of drug-likeness (QED) is 0.861. The molecule has 0 amide bonds. The summed E-state index contributed by atoms with van der Waals surface area (Å²) in [6, 6.07) is 12.3. The third kappa shape index (κ3) is 2.20. The van der Waals surface area contributed by atoms with Gasteiger partial charge < -0.3 is 10.6 Å². The number of hydrogen-bond donors (Lipinski definition) is 2. The van der Waals surface area contributed by atoms with Gasteiger partial charge in [0.25, 0.3) is 0 Å². The predicted molar refractivity (Wildman–Crippen MR) is 74.5 cm³/mol. The molecule has 1 aliphatic heterocycles. The van der Waals surface area contributed by atoms with E-state index in [0.29, 0.717) is 0 Å². The maximum atomic E-state index is 4.29. The molecular weight excluding hydrogens is 222 g/mol. The van der Waals surface area contributed by atoms with Crippen LogP contribution in [0.1, 0.15) is 11.3 Å². The Bertz CT molecular complexity index is 576. The smallest absolute Gasteiger partial charge is 0.0594 e. The van der Waals surface area contributed by atoms with Crippen molar-refractivity contribution in [1.29, 1.82) is 0 Å². The van der Waals surface area contributed by atoms with E-state index in [1.54, 1.807) is 0 Å². The SMILES string of the molecule is C=C1Cc2ccc(NCc3ccccn3)cc2N1. The molecule has 0 unspecified atom stereocenters. The zero-order valence-corrected chi connectivity index (χ0v) is 10.1. The van der Waals surface area contributed by atoms with E-state index < -0.39 is 0 Å². The highest BCUT2D eigenvalue weighted by atomic mass is 14.9. The minimum absolute atomic E-state index is 0.737. The lowest BCUT2D eigenvalue weighted by Crippen LogP contribution is -2.01. The van der Waals surface area contributed by atoms with Crippen molar-refractivity contribution in [3.8, 4) is 0 Å². The molecule has 2 heterocycles. The molecule has 0 fully saturated rings. The van der Waals surface area contributed by atoms with Crippen molar-refractivity contribution < 1.29 is 0 Å². The number of fused-ring (bicyclic) bond motifs is 1. The van der Waals surface area contributed by atoms with Crippen LogP contribution in [0.25, 0.3) is 0 Å². The summed E-state index contributed by atoms with van der Waals surface area (Å²) in [5.74, 6) is 0. The summed E-state index contributed by atoms with van der Waals surface area (Å²) in [6.07, 6.45) is 2.74. The molecule has 1 aromatic heterocycles. The van der Waals surface area contributed by atoms with Crippen LogP contribution in [0.3, 0.4) is 0 Å². The fraction of sp³-hybridized carbons (Fsp3) is 0.133. The maximum Gasteiger partial charge on any atom is 0.0594 e. The van der Waals surface area contributed by atoms with Gasteiger partial charge >= 0.3 is 0 Å². The minimum Gasteiger partial charge on any atom is -0.379 e. The summed E-state index contributed by atoms with van der Waals surface area (Å²) < 4.78 is 0. The van der Waals surface area contributed by atoms with E-state index in [9.17, 15) is 0 Å². The van der Waals surface area contributed by atoms with Gasteiger partial charge in [-0.1, -0.05) is 18.7 Å². The van der Waals surface area contributed by atoms with Crippen LogP contribution in [-0.2, 0) is 13.0 Å². The van der Waals surface area contributed by atoms with Gasteiger partial charge in [-0.05, 0) is 29.8 Å². The third-order valence-electron chi connectivity index (χ3n) is 3.02. The zero-order valence-electron chi connectivity index (χ0n) is 10.1. The van der Waals surface area contributed by atoms with Crippen LogP contribution in [0.2, 0.25) is 0 Å². The molecule has 2 N–H and O–H groups in total. The maximum absolute atomic E-state index is 4.29. The van der Waals surface area contributed by atoms with Gasteiger partial charge in [-0.15, -0.1) is 0 Å². The fourth-order valence-electron chi connectivity index (χ4n) is 2.12. The highest BCUT2D eigenvalue weighted by Gasteiger charge is 2.12. The molecule has 0 atom stereocenters. The predicted octanol–water partition coefficient (Wildman–Crippen LogP) is 3.18. The van der Waals surface area contributed by atoms with Crippen molar-refractivity contribution in [2.45, 2.75) is 13.0 Å². The van der Waals surface area contributed by atoms with E-state index in [-0.39, 0.29) is 0 Å². The van der Waals surface area contributed by atoms with E-state index in [1.165, 1.54) is 5.56 Å². The first-order valence-electron chi connectivity index (χ1n) is 6.03. The molecule has 1 aromatic carbocycles. The largest absolute Gasteiger partial charge is 0.379 e. The van der Waals surface area contributed by atoms with Gasteiger partial charge in [0.05, 0.1) is 12.2 Å². The second-order valence-electron chi connectivity index (χ2n) is 4.45. The Labute approximate surface area is 107 Å². The summed E-state index contributed by atoms with van der Waals surface area (Å²) in [5.41, 5.74) is 5.67. The average molecular weight is 237 g/mol. The van der Waals surface area contributed by atoms with Crippen LogP contribution in [0, 0.1) is 0 Å². The van der Waals surface area contributed by atoms with Gasteiger partial charge in [0.1, 0.15) is 0 Å². The molecule has 2 aromatic rings. The number of pyridine rings is 1. The van der Waals surface area contributed by atoms with Gasteiger partial charge in [-0.3, -0.25) is 4.98 Å². The van der Waals surface area contributed by atoms with Crippen molar-refractivity contribution in [3.05, 3.63) is 66.1 Å². The summed E-state index contributed by atoms with van der Waals surface area (Å²) >= 11 is 0. The second-order valence-corrected chi connectivity index (χ2v) is 4.45. The normalized spacial score (nSPS) is 13.0. The third-order valence-corrected chi connectivity index (χ3v) is 3.02. The lowest BCUT2D eigenvalue weighted by Gasteiger charge is -2.08. The highest BCUT2D eigenvalue weighted by Crippen LogP contribution is 2.29. The van der Waals surface area contributed by atoms with Gasteiger partial charge in [0.15, 0.2) is 0 Å². The summed E-state index contributed by atoms with van der Waals surface area (Å²) in [7, 11) is 0. The van der Waals surface area contributed by atoms with E-state index in [0.717, 1.165) is 35.7 Å². The van der Waals surface area contributed by atoms with Crippen LogP contribution >= 0.6 is 0 Å². The van der Waals surface area contributed by atoms with Crippen molar-refractivity contribution in [3.63, 3.8) is 0 Å². The van der Waals surface area contributed by atoms with Crippen molar-refractivity contribution in [2.75, 3.05) is 10.6 Å². The van der Waals surface area contributed by atoms with E-state index in [2.05, 4.69) is 40.4 Å². The second kappa shape index (κ2) is 4.53. The minimum atomic E-state index is 0.737. The molecule has 0 saturated heterocycles. The van der Waals surface area contributed by atoms with E-state index >= 15 is 0 Å². The molecule has 0 radical (unpaired) electrons. The van der Waals surface area contributed by atoms with Crippen LogP contribution in [0.5, 0.6) is 0 Å². The number of hydrogen-bond acceptors (Lipinski definition) is 3. The van der Waals surface area contributed by atoms with Crippen LogP contribution < -0.4 is 10.6 Å². The summed E-state index contributed by atoms with van der Waals surface area (Å²) in [4.78, 5) is 4.29. The number of rotatable bonds is 3. The Morgan fingerprint density at radius 1 is 1.28 bits per heavy atom. The zero-order chi connectivity index (χ0) is 12.4. The fourth-order valence-corrected chi connectivity index (χ4v) is 2.12. The topological polar surface area (TPSA) is 37.0 Å². The first-order chi connectivity index (χ1) is 8.81. The molecule has 1 aliphatic rings. The number of allylic oxidation sites excluding steroid dienone is 1.